The van der Waals surface area contributed by atoms with E-state index in [1.165, 1.54) is 142 Å². The molecule has 88 heavy (non-hydrogen) atoms. The molecule has 2 nitrogen and oxygen atoms in total. The molecule has 0 amide bonds. The topological polar surface area (TPSA) is 9.86 Å². The second kappa shape index (κ2) is 20.8. The van der Waals surface area contributed by atoms with Crippen LogP contribution in [-0.4, -0.2) is 25.3 Å². The fourth-order valence-electron chi connectivity index (χ4n) is 13.6. The van der Waals surface area contributed by atoms with Crippen molar-refractivity contribution >= 4 is 91.7 Å². The molecule has 0 fully saturated rings. The van der Waals surface area contributed by atoms with E-state index >= 15 is 0 Å². The lowest BCUT2D eigenvalue weighted by molar-refractivity contribution is 0.590. The first kappa shape index (κ1) is 59.0. The number of nitrogens with zero attached hydrogens (tertiary/aromatic N) is 2. The summed E-state index contributed by atoms with van der Waals surface area (Å²) >= 11 is 0. The standard InChI is InChI=1S/C84H88N2Si2/c1-81(2,3)59-31-43-75-69(47-59)70-48-60(82(4,5)6)32-44-76(70)85(75)63-35-41-67-73(51-63)79(57-23-19-53(20-24-57)55-27-37-65(38-28-55)87(13,14)15)68-42-36-64(52-74(68)80(67)58-25-21-54(22-26-58)56-29-39-66(40-30-56)88(16,17)18)86-77-45-33-61(83(7,8)9)49-71(77)72-50-62(84(10,11)12)34-46-78(72)86/h19-52H,1-18H3. The van der Waals surface area contributed by atoms with Crippen LogP contribution >= 0.6 is 0 Å². The van der Waals surface area contributed by atoms with Gasteiger partial charge in [0.05, 0.1) is 38.2 Å². The van der Waals surface area contributed by atoms with Crippen molar-refractivity contribution in [1.82, 2.24) is 9.13 Å². The highest BCUT2D eigenvalue weighted by atomic mass is 28.3. The smallest absolute Gasteiger partial charge is 0.0775 e. The maximum absolute atomic E-state index is 2.54. The molecule has 0 N–H and O–H groups in total. The van der Waals surface area contributed by atoms with Crippen molar-refractivity contribution in [2.75, 3.05) is 0 Å². The predicted octanol–water partition coefficient (Wildman–Crippen LogP) is 23.1. The van der Waals surface area contributed by atoms with Crippen LogP contribution in [0.25, 0.3) is 121 Å². The van der Waals surface area contributed by atoms with E-state index in [1.54, 1.807) is 0 Å². The summed E-state index contributed by atoms with van der Waals surface area (Å²) in [5.41, 5.74) is 22.3. The predicted molar refractivity (Wildman–Crippen MR) is 393 cm³/mol. The van der Waals surface area contributed by atoms with Gasteiger partial charge in [0.25, 0.3) is 0 Å². The van der Waals surface area contributed by atoms with Gasteiger partial charge in [-0.15, -0.1) is 0 Å². The first-order valence-corrected chi connectivity index (χ1v) is 39.1. The summed E-state index contributed by atoms with van der Waals surface area (Å²) < 4.78 is 5.07. The molecule has 0 radical (unpaired) electrons. The van der Waals surface area contributed by atoms with E-state index in [0.717, 1.165) is 11.4 Å². The molecule has 0 bridgehead atoms. The molecule has 13 rings (SSSR count). The van der Waals surface area contributed by atoms with E-state index in [9.17, 15) is 0 Å². The van der Waals surface area contributed by atoms with Gasteiger partial charge >= 0.3 is 0 Å². The summed E-state index contributed by atoms with van der Waals surface area (Å²) in [5, 5.41) is 13.0. The summed E-state index contributed by atoms with van der Waals surface area (Å²) in [5.74, 6) is 0. The van der Waals surface area contributed by atoms with Crippen molar-refractivity contribution in [3.05, 3.63) is 229 Å². The number of benzene rings is 11. The number of fused-ring (bicyclic) bond motifs is 8. The molecular weight excluding hydrogens is 1090 g/mol. The Kier molecular flexibility index (Phi) is 13.9. The van der Waals surface area contributed by atoms with Gasteiger partial charge in [0.1, 0.15) is 0 Å². The quantitative estimate of drug-likeness (QED) is 0.106. The minimum Gasteiger partial charge on any atom is -0.309 e. The van der Waals surface area contributed by atoms with Crippen LogP contribution in [0.2, 0.25) is 39.3 Å². The molecule has 0 aliphatic rings. The van der Waals surface area contributed by atoms with Crippen molar-refractivity contribution in [1.29, 1.82) is 0 Å². The van der Waals surface area contributed by atoms with Gasteiger partial charge < -0.3 is 9.13 Å². The van der Waals surface area contributed by atoms with E-state index in [1.807, 2.05) is 0 Å². The SMILES string of the molecule is CC(C)(C)c1ccc2c(c1)c1cc(C(C)(C)C)ccc1n2-c1ccc2c(-c3ccc(-c4ccc([Si](C)(C)C)cc4)cc3)c3cc(-n4c5ccc(C(C)(C)C)cc5c5cc(C(C)(C)C)ccc54)ccc3c(-c3ccc(-c4ccc([Si](C)(C)C)cc4)cc3)c2c1. The van der Waals surface area contributed by atoms with E-state index in [0.29, 0.717) is 0 Å². The van der Waals surface area contributed by atoms with Crippen molar-refractivity contribution in [3.8, 4) is 55.9 Å². The molecule has 0 unspecified atom stereocenters. The third-order valence-electron chi connectivity index (χ3n) is 19.1. The maximum atomic E-state index is 2.54. The Morgan fingerprint density at radius 3 is 0.705 bits per heavy atom. The lowest BCUT2D eigenvalue weighted by Gasteiger charge is -2.21. The average molecular weight is 1180 g/mol. The van der Waals surface area contributed by atoms with Crippen molar-refractivity contribution in [3.63, 3.8) is 0 Å². The van der Waals surface area contributed by atoms with Gasteiger partial charge in [-0.25, -0.2) is 0 Å². The maximum Gasteiger partial charge on any atom is 0.0775 e. The third-order valence-corrected chi connectivity index (χ3v) is 23.2. The molecule has 2 aromatic heterocycles. The summed E-state index contributed by atoms with van der Waals surface area (Å²) in [7, 11) is -2.93. The number of hydrogen-bond acceptors (Lipinski definition) is 0. The van der Waals surface area contributed by atoms with Crippen LogP contribution in [0.4, 0.5) is 0 Å². The molecule has 11 aromatic carbocycles. The minimum atomic E-state index is -1.46. The fraction of sp³-hybridized carbons (Fsp3) is 0.262. The van der Waals surface area contributed by atoms with Crippen molar-refractivity contribution in [2.45, 2.75) is 144 Å². The third kappa shape index (κ3) is 10.5. The Balaban J connectivity index is 1.12. The number of aromatic nitrogens is 2. The number of hydrogen-bond donors (Lipinski definition) is 0. The Morgan fingerprint density at radius 2 is 0.466 bits per heavy atom. The molecule has 442 valence electrons. The molecule has 2 heterocycles. The summed E-state index contributed by atoms with van der Waals surface area (Å²) in [6.07, 6.45) is 0. The zero-order chi connectivity index (χ0) is 62.4. The lowest BCUT2D eigenvalue weighted by Crippen LogP contribution is -2.37. The zero-order valence-electron chi connectivity index (χ0n) is 55.5. The molecular formula is C84H88N2Si2. The lowest BCUT2D eigenvalue weighted by atomic mass is 9.85. The van der Waals surface area contributed by atoms with E-state index in [2.05, 4.69) is 338 Å². The second-order valence-electron chi connectivity index (χ2n) is 31.6. The molecule has 0 aliphatic heterocycles. The van der Waals surface area contributed by atoms with Gasteiger partial charge in [-0.1, -0.05) is 266 Å². The van der Waals surface area contributed by atoms with Gasteiger partial charge in [0.15, 0.2) is 0 Å². The van der Waals surface area contributed by atoms with Gasteiger partial charge in [0, 0.05) is 32.9 Å². The van der Waals surface area contributed by atoms with Gasteiger partial charge in [0.2, 0.25) is 0 Å². The van der Waals surface area contributed by atoms with Crippen LogP contribution < -0.4 is 10.4 Å². The largest absolute Gasteiger partial charge is 0.309 e. The van der Waals surface area contributed by atoms with Crippen molar-refractivity contribution in [2.24, 2.45) is 0 Å². The average Bonchev–Trinajstić information content (AvgIpc) is 1.32. The van der Waals surface area contributed by atoms with Gasteiger partial charge in [-0.3, -0.25) is 0 Å². The van der Waals surface area contributed by atoms with Crippen LogP contribution in [0, 0.1) is 0 Å². The van der Waals surface area contributed by atoms with E-state index < -0.39 is 16.1 Å². The minimum absolute atomic E-state index is 0.00396. The van der Waals surface area contributed by atoms with E-state index in [4.69, 9.17) is 0 Å². The Hall–Kier alpha value is -8.03. The van der Waals surface area contributed by atoms with Crippen LogP contribution in [0.15, 0.2) is 206 Å². The van der Waals surface area contributed by atoms with Crippen molar-refractivity contribution < 1.29 is 0 Å². The Labute approximate surface area is 525 Å². The zero-order valence-corrected chi connectivity index (χ0v) is 57.5. The molecule has 13 aromatic rings. The van der Waals surface area contributed by atoms with E-state index in [-0.39, 0.29) is 21.7 Å². The highest BCUT2D eigenvalue weighted by molar-refractivity contribution is 6.89. The fourth-order valence-corrected chi connectivity index (χ4v) is 15.9. The van der Waals surface area contributed by atoms with Crippen LogP contribution in [0.5, 0.6) is 0 Å². The summed E-state index contributed by atoms with van der Waals surface area (Å²) in [6.45, 7) is 42.5. The molecule has 0 atom stereocenters. The molecule has 0 aliphatic carbocycles. The summed E-state index contributed by atoms with van der Waals surface area (Å²) in [6, 6.07) is 81.1. The molecule has 0 saturated carbocycles. The van der Waals surface area contributed by atoms with Crippen LogP contribution in [0.3, 0.4) is 0 Å². The van der Waals surface area contributed by atoms with Crippen LogP contribution in [-0.2, 0) is 21.7 Å². The molecule has 0 spiro atoms. The Morgan fingerprint density at radius 1 is 0.227 bits per heavy atom. The van der Waals surface area contributed by atoms with Crippen LogP contribution in [0.1, 0.15) is 105 Å². The van der Waals surface area contributed by atoms with Gasteiger partial charge in [-0.2, -0.15) is 0 Å². The first-order valence-electron chi connectivity index (χ1n) is 32.1. The highest BCUT2D eigenvalue weighted by Crippen LogP contribution is 2.48. The molecule has 0 saturated heterocycles. The monoisotopic (exact) mass is 1180 g/mol. The highest BCUT2D eigenvalue weighted by Gasteiger charge is 2.27. The molecule has 4 heteroatoms. The normalized spacial score (nSPS) is 13.1. The second-order valence-corrected chi connectivity index (χ2v) is 41.8. The Bertz CT molecular complexity index is 4430. The first-order chi connectivity index (χ1) is 41.4. The van der Waals surface area contributed by atoms with Gasteiger partial charge in [-0.05, 0) is 183 Å². The number of rotatable bonds is 8. The summed E-state index contributed by atoms with van der Waals surface area (Å²) in [4.78, 5) is 0.